The van der Waals surface area contributed by atoms with Crippen LogP contribution in [-0.2, 0) is 65.4 Å². The summed E-state index contributed by atoms with van der Waals surface area (Å²) < 4.78 is 68.7. The van der Waals surface area contributed by atoms with Crippen molar-refractivity contribution in [3.05, 3.63) is 0 Å². The van der Waals surface area contributed by atoms with E-state index in [1.807, 2.05) is 0 Å². The van der Waals surface area contributed by atoms with Crippen molar-refractivity contribution in [2.75, 3.05) is 39.6 Å². The molecule has 0 aliphatic carbocycles. The van der Waals surface area contributed by atoms with E-state index in [1.54, 1.807) is 0 Å². The van der Waals surface area contributed by atoms with Crippen LogP contribution < -0.4 is 0 Å². The quantitative estimate of drug-likeness (QED) is 0.0222. The maximum absolute atomic E-state index is 13.1. The van der Waals surface area contributed by atoms with Crippen LogP contribution in [0.2, 0.25) is 0 Å². The molecule has 0 radical (unpaired) electrons. The Balaban J connectivity index is 5.19. The highest BCUT2D eigenvalue weighted by atomic mass is 31.2. The number of unbranched alkanes of at least 4 members (excludes halogenated alkanes) is 55. The maximum atomic E-state index is 13.1. The van der Waals surface area contributed by atoms with Crippen molar-refractivity contribution in [3.8, 4) is 0 Å². The average Bonchev–Trinajstić information content (AvgIpc) is 0.929. The van der Waals surface area contributed by atoms with E-state index in [1.165, 1.54) is 270 Å². The number of ether oxygens (including phenoxy) is 4. The smallest absolute Gasteiger partial charge is 0.462 e. The van der Waals surface area contributed by atoms with E-state index < -0.39 is 97.5 Å². The predicted octanol–water partition coefficient (Wildman–Crippen LogP) is 25.2. The van der Waals surface area contributed by atoms with Gasteiger partial charge in [-0.05, 0) is 31.6 Å². The topological polar surface area (TPSA) is 237 Å². The third-order valence-corrected chi connectivity index (χ3v) is 21.4. The van der Waals surface area contributed by atoms with Crippen LogP contribution in [0.5, 0.6) is 0 Å². The molecule has 0 aromatic rings. The molecular formula is C83H162O17P2. The summed E-state index contributed by atoms with van der Waals surface area (Å²) in [5.41, 5.74) is 0. The lowest BCUT2D eigenvalue weighted by Gasteiger charge is -2.21. The predicted molar refractivity (Wildman–Crippen MR) is 418 cm³/mol. The molecule has 0 aromatic carbocycles. The number of phosphoric acid groups is 2. The van der Waals surface area contributed by atoms with Gasteiger partial charge in [0.1, 0.15) is 19.3 Å². The normalized spacial score (nSPS) is 13.8. The standard InChI is InChI=1S/C83H162O17P2/c1-6-9-12-15-18-21-23-25-27-29-31-32-33-34-36-38-40-42-48-53-58-63-68-82(87)99-79(73-94-81(86)67-62-57-52-47-41-39-37-35-30-28-26-24-22-19-16-13-10-7-2)75-98-102(91,92)96-71-77(84)70-95-101(89,90)97-74-78(72-93-80(85)66-61-56-51-45-20-17-14-11-8-3)100-83(88)69-64-59-54-49-44-43-46-50-55-60-65-76(4)5/h76-79,84H,6-75H2,1-5H3,(H,89,90)(H,91,92)/t77-,78+,79+/m0/s1. The number of hydrogen-bond acceptors (Lipinski definition) is 15. The van der Waals surface area contributed by atoms with Gasteiger partial charge in [0.05, 0.1) is 26.4 Å². The summed E-state index contributed by atoms with van der Waals surface area (Å²) in [6.45, 7) is 7.31. The third kappa shape index (κ3) is 76.3. The molecule has 0 amide bonds. The van der Waals surface area contributed by atoms with Gasteiger partial charge in [0.25, 0.3) is 0 Å². The van der Waals surface area contributed by atoms with Crippen LogP contribution >= 0.6 is 15.6 Å². The van der Waals surface area contributed by atoms with Crippen LogP contribution in [0.1, 0.15) is 446 Å². The van der Waals surface area contributed by atoms with E-state index in [0.29, 0.717) is 25.7 Å². The van der Waals surface area contributed by atoms with Crippen LogP contribution in [-0.4, -0.2) is 96.7 Å². The highest BCUT2D eigenvalue weighted by Gasteiger charge is 2.30. The van der Waals surface area contributed by atoms with Crippen molar-refractivity contribution in [1.82, 2.24) is 0 Å². The van der Waals surface area contributed by atoms with Crippen LogP contribution in [0.4, 0.5) is 0 Å². The Morgan fingerprint density at radius 1 is 0.265 bits per heavy atom. The molecule has 0 aliphatic rings. The third-order valence-electron chi connectivity index (χ3n) is 19.5. The molecule has 0 fully saturated rings. The van der Waals surface area contributed by atoms with Crippen molar-refractivity contribution in [2.45, 2.75) is 464 Å². The number of phosphoric ester groups is 2. The molecule has 0 heterocycles. The highest BCUT2D eigenvalue weighted by Crippen LogP contribution is 2.45. The molecule has 0 aromatic heterocycles. The Bertz CT molecular complexity index is 1940. The summed E-state index contributed by atoms with van der Waals surface area (Å²) in [6, 6.07) is 0. The Labute approximate surface area is 626 Å². The maximum Gasteiger partial charge on any atom is 0.472 e. The number of hydrogen-bond donors (Lipinski definition) is 3. The molecule has 0 rings (SSSR count). The minimum atomic E-state index is -4.96. The van der Waals surface area contributed by atoms with Gasteiger partial charge in [-0.1, -0.05) is 394 Å². The first-order chi connectivity index (χ1) is 49.5. The van der Waals surface area contributed by atoms with E-state index in [9.17, 15) is 43.2 Å². The van der Waals surface area contributed by atoms with Crippen molar-refractivity contribution >= 4 is 39.5 Å². The molecule has 5 atom stereocenters. The van der Waals surface area contributed by atoms with Gasteiger partial charge in [0.2, 0.25) is 0 Å². The van der Waals surface area contributed by atoms with Crippen LogP contribution in [0.25, 0.3) is 0 Å². The molecule has 0 saturated heterocycles. The van der Waals surface area contributed by atoms with Crippen LogP contribution in [0.3, 0.4) is 0 Å². The van der Waals surface area contributed by atoms with Crippen molar-refractivity contribution in [1.29, 1.82) is 0 Å². The summed E-state index contributed by atoms with van der Waals surface area (Å²) in [6.07, 6.45) is 68.2. The van der Waals surface area contributed by atoms with Gasteiger partial charge in [-0.3, -0.25) is 37.3 Å². The summed E-state index contributed by atoms with van der Waals surface area (Å²) >= 11 is 0. The Morgan fingerprint density at radius 2 is 0.451 bits per heavy atom. The largest absolute Gasteiger partial charge is 0.472 e. The molecule has 606 valence electrons. The minimum absolute atomic E-state index is 0.106. The molecule has 0 spiro atoms. The Hall–Kier alpha value is -1.94. The number of esters is 4. The second-order valence-electron chi connectivity index (χ2n) is 30.3. The van der Waals surface area contributed by atoms with Crippen molar-refractivity contribution < 1.29 is 80.2 Å². The van der Waals surface area contributed by atoms with E-state index in [2.05, 4.69) is 34.6 Å². The van der Waals surface area contributed by atoms with E-state index in [4.69, 9.17) is 37.0 Å². The number of rotatable bonds is 83. The molecule has 0 bridgehead atoms. The van der Waals surface area contributed by atoms with Crippen molar-refractivity contribution in [2.24, 2.45) is 5.92 Å². The molecule has 19 heteroatoms. The average molecular weight is 1490 g/mol. The van der Waals surface area contributed by atoms with Gasteiger partial charge in [0.15, 0.2) is 12.2 Å². The fourth-order valence-electron chi connectivity index (χ4n) is 12.9. The second kappa shape index (κ2) is 75.9. The fraction of sp³-hybridized carbons (Fsp3) is 0.952. The molecular weight excluding hydrogens is 1330 g/mol. The number of aliphatic hydroxyl groups is 1. The van der Waals surface area contributed by atoms with Gasteiger partial charge in [0, 0.05) is 25.7 Å². The second-order valence-corrected chi connectivity index (χ2v) is 33.3. The SMILES string of the molecule is CCCCCCCCCCCCCCCCCCCCCCCCC(=O)O[C@H](COC(=O)CCCCCCCCCCCCCCCCCCCC)COP(=O)(O)OC[C@@H](O)COP(=O)(O)OC[C@@H](COC(=O)CCCCCCCCCCC)OC(=O)CCCCCCCCCCCCC(C)C. The highest BCUT2D eigenvalue weighted by molar-refractivity contribution is 7.47. The van der Waals surface area contributed by atoms with Gasteiger partial charge in [-0.15, -0.1) is 0 Å². The first kappa shape index (κ1) is 100. The summed E-state index contributed by atoms with van der Waals surface area (Å²) in [5, 5.41) is 10.6. The number of aliphatic hydroxyl groups excluding tert-OH is 1. The zero-order chi connectivity index (χ0) is 74.8. The minimum Gasteiger partial charge on any atom is -0.462 e. The van der Waals surface area contributed by atoms with E-state index >= 15 is 0 Å². The Kier molecular flexibility index (Phi) is 74.4. The van der Waals surface area contributed by atoms with Gasteiger partial charge in [-0.25, -0.2) is 9.13 Å². The number of carbonyl (C=O) groups excluding carboxylic acids is 4. The van der Waals surface area contributed by atoms with E-state index in [0.717, 1.165) is 95.8 Å². The zero-order valence-electron chi connectivity index (χ0n) is 66.8. The molecule has 0 aliphatic heterocycles. The van der Waals surface area contributed by atoms with Gasteiger partial charge in [-0.2, -0.15) is 0 Å². The van der Waals surface area contributed by atoms with Crippen LogP contribution in [0.15, 0.2) is 0 Å². The van der Waals surface area contributed by atoms with Gasteiger partial charge >= 0.3 is 39.5 Å². The molecule has 2 unspecified atom stereocenters. The fourth-order valence-corrected chi connectivity index (χ4v) is 14.5. The first-order valence-corrected chi connectivity index (χ1v) is 46.1. The Morgan fingerprint density at radius 3 is 0.667 bits per heavy atom. The summed E-state index contributed by atoms with van der Waals surface area (Å²) in [5.74, 6) is -1.35. The lowest BCUT2D eigenvalue weighted by molar-refractivity contribution is -0.161. The molecule has 102 heavy (non-hydrogen) atoms. The lowest BCUT2D eigenvalue weighted by Crippen LogP contribution is -2.30. The lowest BCUT2D eigenvalue weighted by atomic mass is 10.0. The molecule has 17 nitrogen and oxygen atoms in total. The van der Waals surface area contributed by atoms with E-state index in [-0.39, 0.29) is 25.7 Å². The molecule has 0 saturated carbocycles. The first-order valence-electron chi connectivity index (χ1n) is 43.1. The number of carbonyl (C=O) groups is 4. The summed E-state index contributed by atoms with van der Waals surface area (Å²) in [4.78, 5) is 73.0. The van der Waals surface area contributed by atoms with Gasteiger partial charge < -0.3 is 33.8 Å². The van der Waals surface area contributed by atoms with Crippen molar-refractivity contribution in [3.63, 3.8) is 0 Å². The van der Waals surface area contributed by atoms with Crippen LogP contribution in [0, 0.1) is 5.92 Å². The summed E-state index contributed by atoms with van der Waals surface area (Å²) in [7, 11) is -9.92. The monoisotopic (exact) mass is 1490 g/mol. The molecule has 3 N–H and O–H groups in total. The zero-order valence-corrected chi connectivity index (χ0v) is 68.5.